The molecule has 110 valence electrons. The molecular weight excluding hydrogens is 276 g/mol. The molecule has 21 heavy (non-hydrogen) atoms. The highest BCUT2D eigenvalue weighted by molar-refractivity contribution is 5.82. The highest BCUT2D eigenvalue weighted by Crippen LogP contribution is 2.22. The summed E-state index contributed by atoms with van der Waals surface area (Å²) in [7, 11) is 0. The predicted octanol–water partition coefficient (Wildman–Crippen LogP) is 3.46. The Morgan fingerprint density at radius 1 is 1.14 bits per heavy atom. The van der Waals surface area contributed by atoms with Gasteiger partial charge in [-0.25, -0.2) is 13.6 Å². The molecule has 0 spiro atoms. The Hall–Kier alpha value is -2.43. The lowest BCUT2D eigenvalue weighted by Crippen LogP contribution is -2.45. The van der Waals surface area contributed by atoms with Gasteiger partial charge in [-0.3, -0.25) is 0 Å². The van der Waals surface area contributed by atoms with Crippen LogP contribution in [0.1, 0.15) is 12.5 Å². The van der Waals surface area contributed by atoms with Gasteiger partial charge in [0.2, 0.25) is 0 Å². The second-order valence-corrected chi connectivity index (χ2v) is 5.05. The van der Waals surface area contributed by atoms with E-state index < -0.39 is 23.1 Å². The maximum absolute atomic E-state index is 13.7. The van der Waals surface area contributed by atoms with Crippen LogP contribution in [0.2, 0.25) is 0 Å². The van der Waals surface area contributed by atoms with E-state index in [2.05, 4.69) is 5.32 Å². The van der Waals surface area contributed by atoms with Gasteiger partial charge in [-0.2, -0.15) is 0 Å². The highest BCUT2D eigenvalue weighted by Gasteiger charge is 2.34. The summed E-state index contributed by atoms with van der Waals surface area (Å²) in [5.74, 6) is -2.03. The van der Waals surface area contributed by atoms with Gasteiger partial charge >= 0.3 is 5.97 Å². The first kappa shape index (κ1) is 15.0. The van der Waals surface area contributed by atoms with Crippen LogP contribution in [0.5, 0.6) is 0 Å². The van der Waals surface area contributed by atoms with Gasteiger partial charge in [0.1, 0.15) is 17.2 Å². The van der Waals surface area contributed by atoms with Gasteiger partial charge in [0, 0.05) is 6.42 Å². The van der Waals surface area contributed by atoms with E-state index >= 15 is 0 Å². The van der Waals surface area contributed by atoms with Crippen LogP contribution < -0.4 is 5.32 Å². The third-order valence-corrected chi connectivity index (χ3v) is 3.23. The van der Waals surface area contributed by atoms with Crippen molar-refractivity contribution in [1.29, 1.82) is 0 Å². The monoisotopic (exact) mass is 291 g/mol. The zero-order chi connectivity index (χ0) is 15.5. The number of anilines is 1. The third kappa shape index (κ3) is 3.56. The Morgan fingerprint density at radius 2 is 1.76 bits per heavy atom. The van der Waals surface area contributed by atoms with E-state index in [-0.39, 0.29) is 12.1 Å². The average Bonchev–Trinajstić information content (AvgIpc) is 2.44. The number of rotatable bonds is 5. The summed E-state index contributed by atoms with van der Waals surface area (Å²) in [6.07, 6.45) is 0.0942. The van der Waals surface area contributed by atoms with Gasteiger partial charge in [0.25, 0.3) is 0 Å². The molecule has 0 aliphatic heterocycles. The Kier molecular flexibility index (Phi) is 4.21. The quantitative estimate of drug-likeness (QED) is 0.887. The Morgan fingerprint density at radius 3 is 2.33 bits per heavy atom. The number of nitrogens with one attached hydrogen (secondary N) is 1. The largest absolute Gasteiger partial charge is 0.480 e. The molecule has 0 heterocycles. The summed E-state index contributed by atoms with van der Waals surface area (Å²) in [4.78, 5) is 11.5. The zero-order valence-corrected chi connectivity index (χ0v) is 11.4. The first-order chi connectivity index (χ1) is 9.90. The lowest BCUT2D eigenvalue weighted by Gasteiger charge is -2.27. The van der Waals surface area contributed by atoms with Crippen molar-refractivity contribution in [3.05, 3.63) is 65.7 Å². The molecule has 0 aliphatic carbocycles. The number of aliphatic carboxylic acids is 1. The first-order valence-corrected chi connectivity index (χ1v) is 6.41. The van der Waals surface area contributed by atoms with Crippen molar-refractivity contribution in [2.24, 2.45) is 0 Å². The number of carbonyl (C=O) groups is 1. The average molecular weight is 291 g/mol. The van der Waals surface area contributed by atoms with Crippen molar-refractivity contribution >= 4 is 11.7 Å². The topological polar surface area (TPSA) is 49.3 Å². The molecular formula is C16H15F2NO2. The second-order valence-electron chi connectivity index (χ2n) is 5.05. The molecule has 0 amide bonds. The van der Waals surface area contributed by atoms with E-state index in [1.54, 1.807) is 6.07 Å². The molecule has 3 nitrogen and oxygen atoms in total. The molecule has 5 heteroatoms. The molecule has 0 fully saturated rings. The number of carboxylic acid groups (broad SMARTS) is 1. The molecule has 2 aromatic carbocycles. The number of hydrogen-bond acceptors (Lipinski definition) is 2. The van der Waals surface area contributed by atoms with Crippen molar-refractivity contribution in [1.82, 2.24) is 0 Å². The van der Waals surface area contributed by atoms with Crippen molar-refractivity contribution in [2.45, 2.75) is 18.9 Å². The number of halogens is 2. The third-order valence-electron chi connectivity index (χ3n) is 3.23. The first-order valence-electron chi connectivity index (χ1n) is 6.41. The fraction of sp³-hybridized carbons (Fsp3) is 0.188. The van der Waals surface area contributed by atoms with E-state index in [9.17, 15) is 18.7 Å². The van der Waals surface area contributed by atoms with Gasteiger partial charge in [0.05, 0.1) is 5.69 Å². The normalized spacial score (nSPS) is 13.5. The van der Waals surface area contributed by atoms with Crippen LogP contribution in [0.25, 0.3) is 0 Å². The molecule has 0 radical (unpaired) electrons. The van der Waals surface area contributed by atoms with Gasteiger partial charge in [-0.15, -0.1) is 0 Å². The summed E-state index contributed by atoms with van der Waals surface area (Å²) >= 11 is 0. The Labute approximate surface area is 121 Å². The van der Waals surface area contributed by atoms with Crippen LogP contribution in [-0.4, -0.2) is 16.6 Å². The SMILES string of the molecule is CC(Cc1ccc(F)cc1)(Nc1ccccc1F)C(=O)O. The van der Waals surface area contributed by atoms with Crippen LogP contribution in [0, 0.1) is 11.6 Å². The van der Waals surface area contributed by atoms with Crippen LogP contribution in [0.15, 0.2) is 48.5 Å². The molecule has 0 bridgehead atoms. The van der Waals surface area contributed by atoms with Crippen LogP contribution in [0.3, 0.4) is 0 Å². The molecule has 1 atom stereocenters. The van der Waals surface area contributed by atoms with E-state index in [0.29, 0.717) is 5.56 Å². The van der Waals surface area contributed by atoms with E-state index in [4.69, 9.17) is 0 Å². The summed E-state index contributed by atoms with van der Waals surface area (Å²) in [5.41, 5.74) is -0.644. The fourth-order valence-corrected chi connectivity index (χ4v) is 2.04. The van der Waals surface area contributed by atoms with Crippen LogP contribution >= 0.6 is 0 Å². The molecule has 2 rings (SSSR count). The summed E-state index contributed by atoms with van der Waals surface area (Å²) < 4.78 is 26.6. The van der Waals surface area contributed by atoms with E-state index in [1.165, 1.54) is 49.4 Å². The summed E-state index contributed by atoms with van der Waals surface area (Å²) in [5, 5.41) is 12.2. The number of carboxylic acids is 1. The molecule has 0 aromatic heterocycles. The van der Waals surface area contributed by atoms with Crippen LogP contribution in [-0.2, 0) is 11.2 Å². The number of hydrogen-bond donors (Lipinski definition) is 2. The minimum atomic E-state index is -1.40. The standard InChI is InChI=1S/C16H15F2NO2/c1-16(15(20)21,10-11-6-8-12(17)9-7-11)19-14-5-3-2-4-13(14)18/h2-9,19H,10H2,1H3,(H,20,21). The maximum atomic E-state index is 13.7. The summed E-state index contributed by atoms with van der Waals surface area (Å²) in [6, 6.07) is 11.4. The summed E-state index contributed by atoms with van der Waals surface area (Å²) in [6.45, 7) is 1.46. The Balaban J connectivity index is 2.26. The van der Waals surface area contributed by atoms with Gasteiger partial charge < -0.3 is 10.4 Å². The van der Waals surface area contributed by atoms with Crippen molar-refractivity contribution < 1.29 is 18.7 Å². The van der Waals surface area contributed by atoms with Crippen molar-refractivity contribution in [2.75, 3.05) is 5.32 Å². The van der Waals surface area contributed by atoms with Gasteiger partial charge in [0.15, 0.2) is 0 Å². The lowest BCUT2D eigenvalue weighted by atomic mass is 9.92. The van der Waals surface area contributed by atoms with Gasteiger partial charge in [-0.05, 0) is 36.8 Å². The highest BCUT2D eigenvalue weighted by atomic mass is 19.1. The van der Waals surface area contributed by atoms with Gasteiger partial charge in [-0.1, -0.05) is 24.3 Å². The predicted molar refractivity (Wildman–Crippen MR) is 76.2 cm³/mol. The van der Waals surface area contributed by atoms with E-state index in [0.717, 1.165) is 0 Å². The molecule has 2 N–H and O–H groups in total. The second kappa shape index (κ2) is 5.91. The maximum Gasteiger partial charge on any atom is 0.329 e. The molecule has 2 aromatic rings. The molecule has 1 unspecified atom stereocenters. The van der Waals surface area contributed by atoms with Crippen molar-refractivity contribution in [3.63, 3.8) is 0 Å². The molecule has 0 aliphatic rings. The number of para-hydroxylation sites is 1. The zero-order valence-electron chi connectivity index (χ0n) is 11.4. The minimum absolute atomic E-state index is 0.0942. The smallest absolute Gasteiger partial charge is 0.329 e. The van der Waals surface area contributed by atoms with Crippen LogP contribution in [0.4, 0.5) is 14.5 Å². The molecule has 0 saturated heterocycles. The molecule has 0 saturated carbocycles. The number of benzene rings is 2. The van der Waals surface area contributed by atoms with E-state index in [1.807, 2.05) is 0 Å². The minimum Gasteiger partial charge on any atom is -0.480 e. The van der Waals surface area contributed by atoms with Crippen molar-refractivity contribution in [3.8, 4) is 0 Å². The fourth-order valence-electron chi connectivity index (χ4n) is 2.04. The Bertz CT molecular complexity index is 643. The lowest BCUT2D eigenvalue weighted by molar-refractivity contribution is -0.141.